The molecule has 3 aromatic rings. The average Bonchev–Trinajstić information content (AvgIpc) is 3.44. The topological polar surface area (TPSA) is 192 Å². The fraction of sp³-hybridized carbons (Fsp3) is 0.391. The van der Waals surface area contributed by atoms with Crippen LogP contribution in [0.15, 0.2) is 53.8 Å². The number of ether oxygens (including phenoxy) is 2. The zero-order chi connectivity index (χ0) is 27.5. The van der Waals surface area contributed by atoms with Gasteiger partial charge in [0, 0.05) is 13.3 Å². The lowest BCUT2D eigenvalue weighted by Crippen LogP contribution is -2.43. The Bertz CT molecular complexity index is 1350. The largest absolute Gasteiger partial charge is 0.468 e. The van der Waals surface area contributed by atoms with Crippen LogP contribution in [0.25, 0.3) is 5.52 Å². The second-order valence-electron chi connectivity index (χ2n) is 8.50. The summed E-state index contributed by atoms with van der Waals surface area (Å²) >= 11 is 0. The molecule has 204 valence electrons. The van der Waals surface area contributed by atoms with Crippen LogP contribution < -0.4 is 15.3 Å². The number of esters is 1. The predicted octanol–water partition coefficient (Wildman–Crippen LogP) is 0.683. The molecule has 1 saturated heterocycles. The van der Waals surface area contributed by atoms with Gasteiger partial charge in [0.1, 0.15) is 41.9 Å². The molecule has 2 aromatic heterocycles. The van der Waals surface area contributed by atoms with E-state index in [1.54, 1.807) is 42.5 Å². The number of nitrogen functional groups attached to an aromatic ring is 1. The third-order valence-electron chi connectivity index (χ3n) is 5.98. The Morgan fingerprint density at radius 2 is 2.08 bits per heavy atom. The summed E-state index contributed by atoms with van der Waals surface area (Å²) < 4.78 is 37.1. The van der Waals surface area contributed by atoms with Gasteiger partial charge in [-0.25, -0.2) is 14.1 Å². The van der Waals surface area contributed by atoms with E-state index in [-0.39, 0.29) is 11.6 Å². The highest BCUT2D eigenvalue weighted by molar-refractivity contribution is 7.52. The number of benzene rings is 1. The fourth-order valence-electron chi connectivity index (χ4n) is 4.15. The summed E-state index contributed by atoms with van der Waals surface area (Å²) in [5.41, 5.74) is 5.06. The van der Waals surface area contributed by atoms with Crippen LogP contribution in [0.4, 0.5) is 5.82 Å². The minimum absolute atomic E-state index is 0.201. The zero-order valence-electron chi connectivity index (χ0n) is 20.9. The molecule has 38 heavy (non-hydrogen) atoms. The van der Waals surface area contributed by atoms with Crippen LogP contribution in [0, 0.1) is 0 Å². The lowest BCUT2D eigenvalue weighted by molar-refractivity contribution is -0.142. The molecular weight excluding hydrogens is 519 g/mol. The molecular formula is C23H29N6O8P. The first-order chi connectivity index (χ1) is 18.1. The smallest absolute Gasteiger partial charge is 0.459 e. The molecule has 4 rings (SSSR count). The monoisotopic (exact) mass is 548 g/mol. The Labute approximate surface area is 218 Å². The molecule has 5 N–H and O–H groups in total. The molecule has 0 saturated carbocycles. The zero-order valence-corrected chi connectivity index (χ0v) is 21.8. The Morgan fingerprint density at radius 1 is 1.34 bits per heavy atom. The Morgan fingerprint density at radius 3 is 2.76 bits per heavy atom. The number of aliphatic imine (C=N–C) groups is 1. The van der Waals surface area contributed by atoms with E-state index in [1.807, 2.05) is 0 Å². The first-order valence-electron chi connectivity index (χ1n) is 11.5. The summed E-state index contributed by atoms with van der Waals surface area (Å²) in [4.78, 5) is 20.0. The van der Waals surface area contributed by atoms with Crippen molar-refractivity contribution in [2.75, 3.05) is 26.5 Å². The third kappa shape index (κ3) is 5.27. The summed E-state index contributed by atoms with van der Waals surface area (Å²) in [7, 11) is -1.56. The lowest BCUT2D eigenvalue weighted by Gasteiger charge is -2.28. The first kappa shape index (κ1) is 27.6. The molecule has 1 aromatic carbocycles. The molecule has 3 heterocycles. The second-order valence-corrected chi connectivity index (χ2v) is 10.2. The van der Waals surface area contributed by atoms with E-state index in [1.165, 1.54) is 38.1 Å². The number of rotatable bonds is 10. The number of nitrogens with one attached hydrogen (secondary N) is 1. The molecule has 14 nitrogen and oxygen atoms in total. The van der Waals surface area contributed by atoms with Gasteiger partial charge in [-0.2, -0.15) is 10.2 Å². The van der Waals surface area contributed by atoms with Gasteiger partial charge in [-0.1, -0.05) is 18.2 Å². The number of hydrogen-bond acceptors (Lipinski definition) is 12. The van der Waals surface area contributed by atoms with E-state index in [2.05, 4.69) is 24.9 Å². The van der Waals surface area contributed by atoms with Crippen LogP contribution in [0.5, 0.6) is 5.75 Å². The van der Waals surface area contributed by atoms with Gasteiger partial charge in [0.15, 0.2) is 11.4 Å². The van der Waals surface area contributed by atoms with Crippen molar-refractivity contribution < 1.29 is 38.1 Å². The SMILES string of the molecule is C/N=C/[C@@]1(c2ccc3c(N)ncnn23)O[C@H](CO[P@@](=O)(N[C@@H](C)C(=O)OC)Oc2ccccc2)[C@@H](O)[C@H]1O. The highest BCUT2D eigenvalue weighted by Gasteiger charge is 2.56. The highest BCUT2D eigenvalue weighted by Crippen LogP contribution is 2.47. The van der Waals surface area contributed by atoms with Crippen molar-refractivity contribution in [1.82, 2.24) is 19.7 Å². The summed E-state index contributed by atoms with van der Waals surface area (Å²) in [6.45, 7) is 0.928. The number of nitrogens with two attached hydrogens (primary N) is 1. The second kappa shape index (κ2) is 11.2. The number of fused-ring (bicyclic) bond motifs is 1. The number of para-hydroxylation sites is 1. The van der Waals surface area contributed by atoms with Gasteiger partial charge in [0.25, 0.3) is 0 Å². The van der Waals surface area contributed by atoms with Gasteiger partial charge in [-0.05, 0) is 31.2 Å². The van der Waals surface area contributed by atoms with Crippen molar-refractivity contribution in [2.45, 2.75) is 36.9 Å². The first-order valence-corrected chi connectivity index (χ1v) is 13.1. The standard InChI is InChI=1S/C23H29N6O8P/c1-14(22(32)34-3)28-38(33,37-15-7-5-4-6-8-15)35-11-17-19(30)20(31)23(36-17,12-25-2)18-10-9-16-21(24)26-13-27-29(16)18/h4-10,12-14,17,19-20,30-31H,11H2,1-3H3,(H,28,33)(H2,24,26,27)/b25-12+/t14-,17+,19+,20+,23-,38-/m0/s1. The number of aromatic nitrogens is 3. The predicted molar refractivity (Wildman–Crippen MR) is 136 cm³/mol. The molecule has 1 aliphatic heterocycles. The van der Waals surface area contributed by atoms with E-state index < -0.39 is 50.3 Å². The maximum absolute atomic E-state index is 13.7. The number of hydrogen-bond donors (Lipinski definition) is 4. The maximum atomic E-state index is 13.7. The minimum atomic E-state index is -4.23. The number of aliphatic hydroxyl groups excluding tert-OH is 2. The van der Waals surface area contributed by atoms with Crippen molar-refractivity contribution in [1.29, 1.82) is 0 Å². The highest BCUT2D eigenvalue weighted by atomic mass is 31.2. The summed E-state index contributed by atoms with van der Waals surface area (Å²) in [6.07, 6.45) is -1.65. The average molecular weight is 548 g/mol. The maximum Gasteiger partial charge on any atom is 0.459 e. The number of anilines is 1. The van der Waals surface area contributed by atoms with Crippen molar-refractivity contribution in [3.8, 4) is 5.75 Å². The van der Waals surface area contributed by atoms with Crippen LogP contribution in [0.2, 0.25) is 0 Å². The number of methoxy groups -OCH3 is 1. The molecule has 1 fully saturated rings. The van der Waals surface area contributed by atoms with E-state index in [4.69, 9.17) is 19.5 Å². The molecule has 1 aliphatic rings. The number of carbonyl (C=O) groups excluding carboxylic acids is 1. The van der Waals surface area contributed by atoms with E-state index in [0.29, 0.717) is 11.2 Å². The van der Waals surface area contributed by atoms with Gasteiger partial charge < -0.3 is 29.9 Å². The molecule has 0 aliphatic carbocycles. The molecule has 0 bridgehead atoms. The van der Waals surface area contributed by atoms with Crippen molar-refractivity contribution in [2.24, 2.45) is 4.99 Å². The van der Waals surface area contributed by atoms with E-state index in [9.17, 15) is 19.6 Å². The Kier molecular flexibility index (Phi) is 8.11. The molecule has 15 heteroatoms. The van der Waals surface area contributed by atoms with Crippen molar-refractivity contribution >= 4 is 31.3 Å². The van der Waals surface area contributed by atoms with E-state index >= 15 is 0 Å². The van der Waals surface area contributed by atoms with Crippen molar-refractivity contribution in [3.05, 3.63) is 54.5 Å². The molecule has 6 atom stereocenters. The summed E-state index contributed by atoms with van der Waals surface area (Å²) in [5, 5.41) is 28.8. The van der Waals surface area contributed by atoms with Gasteiger partial charge >= 0.3 is 13.7 Å². The quantitative estimate of drug-likeness (QED) is 0.158. The number of carbonyl (C=O) groups is 1. The van der Waals surface area contributed by atoms with Gasteiger partial charge in [0.05, 0.1) is 19.4 Å². The molecule has 0 spiro atoms. The van der Waals surface area contributed by atoms with Crippen molar-refractivity contribution in [3.63, 3.8) is 0 Å². The number of nitrogens with zero attached hydrogens (tertiary/aromatic N) is 4. The van der Waals surface area contributed by atoms with Crippen LogP contribution in [0.3, 0.4) is 0 Å². The Hall–Kier alpha value is -3.39. The lowest BCUT2D eigenvalue weighted by atomic mass is 9.92. The molecule has 0 amide bonds. The third-order valence-corrected chi connectivity index (χ3v) is 7.62. The number of aliphatic hydroxyl groups is 2. The van der Waals surface area contributed by atoms with E-state index in [0.717, 1.165) is 0 Å². The van der Waals surface area contributed by atoms with Crippen LogP contribution >= 0.6 is 7.75 Å². The summed E-state index contributed by atoms with van der Waals surface area (Å²) in [5.74, 6) is -0.289. The van der Waals surface area contributed by atoms with Crippen LogP contribution in [-0.4, -0.2) is 82.1 Å². The normalized spacial score (nSPS) is 25.9. The Balaban J connectivity index is 1.61. The van der Waals surface area contributed by atoms with Gasteiger partial charge in [0.2, 0.25) is 0 Å². The van der Waals surface area contributed by atoms with Crippen LogP contribution in [0.1, 0.15) is 12.6 Å². The summed E-state index contributed by atoms with van der Waals surface area (Å²) in [6, 6.07) is 10.4. The minimum Gasteiger partial charge on any atom is -0.468 e. The fourth-order valence-corrected chi connectivity index (χ4v) is 5.66. The van der Waals surface area contributed by atoms with Gasteiger partial charge in [-0.15, -0.1) is 0 Å². The molecule has 0 unspecified atom stereocenters. The van der Waals surface area contributed by atoms with Crippen LogP contribution in [-0.2, 0) is 29.0 Å². The molecule has 0 radical (unpaired) electrons. The van der Waals surface area contributed by atoms with Gasteiger partial charge in [-0.3, -0.25) is 14.3 Å².